The molecule has 9 heteroatoms. The molecule has 0 bridgehead atoms. The van der Waals surface area contributed by atoms with Crippen molar-refractivity contribution in [1.82, 2.24) is 0 Å². The highest BCUT2D eigenvalue weighted by Crippen LogP contribution is 2.30. The van der Waals surface area contributed by atoms with E-state index in [1.54, 1.807) is 36.4 Å². The molecule has 0 spiro atoms. The fourth-order valence-corrected chi connectivity index (χ4v) is 3.99. The van der Waals surface area contributed by atoms with Gasteiger partial charge in [0.25, 0.3) is 0 Å². The monoisotopic (exact) mass is 428 g/mol. The van der Waals surface area contributed by atoms with Crippen LogP contribution in [0.3, 0.4) is 0 Å². The van der Waals surface area contributed by atoms with E-state index in [1.807, 2.05) is 0 Å². The number of ether oxygens (including phenoxy) is 1. The van der Waals surface area contributed by atoms with Crippen LogP contribution in [-0.2, 0) is 20.2 Å². The lowest BCUT2D eigenvalue weighted by Crippen LogP contribution is -1.98. The van der Waals surface area contributed by atoms with Gasteiger partial charge in [0.2, 0.25) is 0 Å². The van der Waals surface area contributed by atoms with Crippen LogP contribution in [0.2, 0.25) is 0 Å². The van der Waals surface area contributed by atoms with E-state index < -0.39 is 20.2 Å². The molecular formula is C20H12O7S2-2. The van der Waals surface area contributed by atoms with Gasteiger partial charge in [-0.3, -0.25) is 0 Å². The van der Waals surface area contributed by atoms with Crippen LogP contribution in [0.4, 0.5) is 0 Å². The van der Waals surface area contributed by atoms with Gasteiger partial charge in [-0.15, -0.1) is 0 Å². The molecule has 0 saturated carbocycles. The van der Waals surface area contributed by atoms with Crippen LogP contribution in [0.5, 0.6) is 11.5 Å². The summed E-state index contributed by atoms with van der Waals surface area (Å²) >= 11 is 0. The second-order valence-electron chi connectivity index (χ2n) is 6.35. The van der Waals surface area contributed by atoms with Crippen molar-refractivity contribution < 1.29 is 30.7 Å². The van der Waals surface area contributed by atoms with Crippen LogP contribution >= 0.6 is 0 Å². The van der Waals surface area contributed by atoms with Gasteiger partial charge in [-0.1, -0.05) is 24.3 Å². The number of hydrogen-bond acceptors (Lipinski definition) is 7. The van der Waals surface area contributed by atoms with E-state index in [0.717, 1.165) is 0 Å². The minimum absolute atomic E-state index is 0.298. The Balaban J connectivity index is 1.66. The summed E-state index contributed by atoms with van der Waals surface area (Å²) in [6, 6.07) is 18.1. The Morgan fingerprint density at radius 2 is 0.862 bits per heavy atom. The van der Waals surface area contributed by atoms with E-state index in [9.17, 15) is 25.9 Å². The van der Waals surface area contributed by atoms with Crippen LogP contribution in [0.1, 0.15) is 0 Å². The summed E-state index contributed by atoms with van der Waals surface area (Å²) in [5.74, 6) is 0.988. The third-order valence-electron chi connectivity index (χ3n) is 4.38. The predicted octanol–water partition coefficient (Wildman–Crippen LogP) is 3.59. The molecule has 7 nitrogen and oxygen atoms in total. The largest absolute Gasteiger partial charge is 0.744 e. The smallest absolute Gasteiger partial charge is 0.128 e. The van der Waals surface area contributed by atoms with E-state index in [0.29, 0.717) is 33.0 Å². The first kappa shape index (κ1) is 19.3. The van der Waals surface area contributed by atoms with Gasteiger partial charge in [-0.2, -0.15) is 0 Å². The highest BCUT2D eigenvalue weighted by atomic mass is 32.2. The van der Waals surface area contributed by atoms with Crippen LogP contribution in [0, 0.1) is 0 Å². The van der Waals surface area contributed by atoms with Crippen LogP contribution in [-0.4, -0.2) is 25.9 Å². The number of fused-ring (bicyclic) bond motifs is 2. The minimum atomic E-state index is -4.52. The first-order chi connectivity index (χ1) is 13.6. The maximum Gasteiger partial charge on any atom is 0.128 e. The summed E-state index contributed by atoms with van der Waals surface area (Å²) in [5.41, 5.74) is 0. The molecule has 0 heterocycles. The Hall–Kier alpha value is -2.98. The summed E-state index contributed by atoms with van der Waals surface area (Å²) < 4.78 is 72.7. The fraction of sp³-hybridized carbons (Fsp3) is 0. The molecule has 0 aliphatic heterocycles. The predicted molar refractivity (Wildman–Crippen MR) is 104 cm³/mol. The van der Waals surface area contributed by atoms with Gasteiger partial charge in [0.15, 0.2) is 0 Å². The quantitative estimate of drug-likeness (QED) is 0.455. The van der Waals surface area contributed by atoms with Crippen molar-refractivity contribution in [3.05, 3.63) is 72.8 Å². The van der Waals surface area contributed by atoms with Gasteiger partial charge < -0.3 is 13.8 Å². The molecule has 0 amide bonds. The molecule has 0 aliphatic rings. The van der Waals surface area contributed by atoms with Crippen molar-refractivity contribution in [2.24, 2.45) is 0 Å². The topological polar surface area (TPSA) is 124 Å². The number of benzene rings is 4. The lowest BCUT2D eigenvalue weighted by Gasteiger charge is -2.11. The summed E-state index contributed by atoms with van der Waals surface area (Å²) in [5, 5.41) is 2.56. The molecule has 29 heavy (non-hydrogen) atoms. The van der Waals surface area contributed by atoms with Crippen molar-refractivity contribution in [2.45, 2.75) is 9.79 Å². The molecule has 0 radical (unpaired) electrons. The molecule has 4 rings (SSSR count). The highest BCUT2D eigenvalue weighted by molar-refractivity contribution is 7.86. The molecule has 4 aromatic rings. The van der Waals surface area contributed by atoms with E-state index in [2.05, 4.69) is 0 Å². The molecule has 0 aromatic heterocycles. The average Bonchev–Trinajstić information content (AvgIpc) is 2.65. The number of hydrogen-bond donors (Lipinski definition) is 0. The zero-order valence-electron chi connectivity index (χ0n) is 14.6. The Morgan fingerprint density at radius 3 is 1.24 bits per heavy atom. The van der Waals surface area contributed by atoms with Gasteiger partial charge in [-0.05, 0) is 70.1 Å². The van der Waals surface area contributed by atoms with E-state index in [-0.39, 0.29) is 9.79 Å². The van der Waals surface area contributed by atoms with Crippen molar-refractivity contribution in [2.75, 3.05) is 0 Å². The van der Waals surface area contributed by atoms with Crippen molar-refractivity contribution in [3.63, 3.8) is 0 Å². The van der Waals surface area contributed by atoms with E-state index >= 15 is 0 Å². The fourth-order valence-electron chi connectivity index (χ4n) is 2.98. The third kappa shape index (κ3) is 4.08. The van der Waals surface area contributed by atoms with Gasteiger partial charge in [0.1, 0.15) is 31.7 Å². The summed E-state index contributed by atoms with van der Waals surface area (Å²) in [6.45, 7) is 0. The summed E-state index contributed by atoms with van der Waals surface area (Å²) in [6.07, 6.45) is 0. The maximum atomic E-state index is 11.1. The molecule has 0 fully saturated rings. The Kier molecular flexibility index (Phi) is 4.55. The van der Waals surface area contributed by atoms with Crippen LogP contribution in [0.15, 0.2) is 82.6 Å². The Bertz CT molecular complexity index is 1360. The van der Waals surface area contributed by atoms with Crippen molar-refractivity contribution in [3.8, 4) is 11.5 Å². The standard InChI is InChI=1S/C20H14O7S2/c21-28(22,23)19-7-3-13-9-17(5-1-15(13)11-19)27-18-6-2-16-12-20(29(24,25)26)8-4-14(16)10-18/h1-12H,(H,21,22,23)(H,24,25,26)/p-2. The minimum Gasteiger partial charge on any atom is -0.744 e. The van der Waals surface area contributed by atoms with E-state index in [4.69, 9.17) is 4.74 Å². The molecule has 0 aliphatic carbocycles. The first-order valence-electron chi connectivity index (χ1n) is 8.27. The molecule has 0 atom stereocenters. The Morgan fingerprint density at radius 1 is 0.517 bits per heavy atom. The lowest BCUT2D eigenvalue weighted by molar-refractivity contribution is 0.461. The molecular weight excluding hydrogens is 416 g/mol. The Labute approximate surface area is 166 Å². The van der Waals surface area contributed by atoms with Gasteiger partial charge in [0.05, 0.1) is 9.79 Å². The SMILES string of the molecule is O=S(=O)([O-])c1ccc2cc(Oc3ccc4cc(S(=O)(=O)[O-])ccc4c3)ccc2c1. The first-order valence-corrected chi connectivity index (χ1v) is 11.1. The van der Waals surface area contributed by atoms with Gasteiger partial charge in [-0.25, -0.2) is 16.8 Å². The van der Waals surface area contributed by atoms with Crippen molar-refractivity contribution in [1.29, 1.82) is 0 Å². The molecule has 148 valence electrons. The normalized spacial score (nSPS) is 12.3. The molecule has 4 aromatic carbocycles. The lowest BCUT2D eigenvalue weighted by atomic mass is 10.1. The zero-order chi connectivity index (χ0) is 20.8. The third-order valence-corrected chi connectivity index (χ3v) is 6.04. The van der Waals surface area contributed by atoms with Crippen LogP contribution < -0.4 is 4.74 Å². The van der Waals surface area contributed by atoms with Gasteiger partial charge in [0, 0.05) is 0 Å². The van der Waals surface area contributed by atoms with Crippen LogP contribution in [0.25, 0.3) is 21.5 Å². The second kappa shape index (κ2) is 6.82. The van der Waals surface area contributed by atoms with Crippen molar-refractivity contribution >= 4 is 41.8 Å². The second-order valence-corrected chi connectivity index (χ2v) is 9.11. The highest BCUT2D eigenvalue weighted by Gasteiger charge is 2.07. The zero-order valence-corrected chi connectivity index (χ0v) is 16.2. The van der Waals surface area contributed by atoms with E-state index in [1.165, 1.54) is 36.4 Å². The number of rotatable bonds is 4. The molecule has 0 N–H and O–H groups in total. The maximum absolute atomic E-state index is 11.1. The molecule has 0 saturated heterocycles. The summed E-state index contributed by atoms with van der Waals surface area (Å²) in [4.78, 5) is -0.597. The average molecular weight is 428 g/mol. The molecule has 0 unspecified atom stereocenters. The summed E-state index contributed by atoms with van der Waals surface area (Å²) in [7, 11) is -9.05. The van der Waals surface area contributed by atoms with Gasteiger partial charge >= 0.3 is 0 Å².